The first-order valence-corrected chi connectivity index (χ1v) is 9.92. The molecule has 1 aromatic heterocycles. The van der Waals surface area contributed by atoms with Gasteiger partial charge in [0.25, 0.3) is 0 Å². The van der Waals surface area contributed by atoms with Crippen LogP contribution in [-0.2, 0) is 13.6 Å². The van der Waals surface area contributed by atoms with Crippen molar-refractivity contribution in [3.63, 3.8) is 0 Å². The molecule has 0 spiro atoms. The molecule has 2 atom stereocenters. The van der Waals surface area contributed by atoms with Crippen LogP contribution in [-0.4, -0.2) is 27.3 Å². The van der Waals surface area contributed by atoms with Gasteiger partial charge in [-0.25, -0.2) is 13.6 Å². The maximum absolute atomic E-state index is 13.9. The van der Waals surface area contributed by atoms with E-state index in [2.05, 4.69) is 16.5 Å². The molecule has 30 heavy (non-hydrogen) atoms. The largest absolute Gasteiger partial charge is 0.334 e. The number of amides is 2. The third kappa shape index (κ3) is 3.56. The zero-order valence-electron chi connectivity index (χ0n) is 17.2. The second-order valence-corrected chi connectivity index (χ2v) is 7.71. The van der Waals surface area contributed by atoms with E-state index in [-0.39, 0.29) is 30.1 Å². The van der Waals surface area contributed by atoms with E-state index in [1.165, 1.54) is 17.7 Å². The van der Waals surface area contributed by atoms with Gasteiger partial charge in [-0.05, 0) is 31.0 Å². The highest BCUT2D eigenvalue weighted by Crippen LogP contribution is 2.40. The average Bonchev–Trinajstić information content (AvgIpc) is 3.06. The fraction of sp³-hybridized carbons (Fsp3) is 0.304. The molecule has 2 aromatic carbocycles. The van der Waals surface area contributed by atoms with Gasteiger partial charge >= 0.3 is 6.03 Å². The summed E-state index contributed by atoms with van der Waals surface area (Å²) in [6, 6.07) is 11.1. The Morgan fingerprint density at radius 3 is 2.57 bits per heavy atom. The first-order valence-electron chi connectivity index (χ1n) is 9.92. The smallest absolute Gasteiger partial charge is 0.318 e. The number of carbonyl (C=O) groups is 1. The van der Waals surface area contributed by atoms with Crippen LogP contribution in [0.2, 0.25) is 0 Å². The fourth-order valence-electron chi connectivity index (χ4n) is 4.15. The standard InChI is InChI=1S/C23H24F2N4O/c1-14-20(12-27-28(14)3)21-13-29(15(2)18-6-4-5-7-19(18)21)23(30)26-11-16-8-9-17(24)10-22(16)25/h4-10,12,15,21H,11,13H2,1-3H3,(H,26,30)/t15-,21-/m0/s1. The molecule has 1 N–H and O–H groups in total. The summed E-state index contributed by atoms with van der Waals surface area (Å²) in [5.74, 6) is -1.31. The van der Waals surface area contributed by atoms with Crippen LogP contribution in [0.15, 0.2) is 48.7 Å². The molecule has 0 radical (unpaired) electrons. The fourth-order valence-corrected chi connectivity index (χ4v) is 4.15. The van der Waals surface area contributed by atoms with Crippen molar-refractivity contribution in [3.8, 4) is 0 Å². The molecule has 4 rings (SSSR count). The Bertz CT molecular complexity index is 1090. The number of nitrogens with zero attached hydrogens (tertiary/aromatic N) is 3. The van der Waals surface area contributed by atoms with E-state index in [1.807, 2.05) is 50.0 Å². The van der Waals surface area contributed by atoms with Gasteiger partial charge in [0.15, 0.2) is 0 Å². The number of hydrogen-bond donors (Lipinski definition) is 1. The van der Waals surface area contributed by atoms with Crippen LogP contribution in [0.3, 0.4) is 0 Å². The second kappa shape index (κ2) is 7.89. The summed E-state index contributed by atoms with van der Waals surface area (Å²) < 4.78 is 28.9. The molecule has 156 valence electrons. The molecule has 0 unspecified atom stereocenters. The third-order valence-corrected chi connectivity index (χ3v) is 6.02. The van der Waals surface area contributed by atoms with E-state index in [9.17, 15) is 13.6 Å². The van der Waals surface area contributed by atoms with Gasteiger partial charge in [0, 0.05) is 48.9 Å². The summed E-state index contributed by atoms with van der Waals surface area (Å²) in [7, 11) is 1.90. The van der Waals surface area contributed by atoms with E-state index in [0.717, 1.165) is 22.9 Å². The van der Waals surface area contributed by atoms with Gasteiger partial charge in [0.1, 0.15) is 11.6 Å². The van der Waals surface area contributed by atoms with Crippen molar-refractivity contribution >= 4 is 6.03 Å². The van der Waals surface area contributed by atoms with E-state index in [1.54, 1.807) is 4.90 Å². The SMILES string of the molecule is Cc1c([C@H]2CN(C(=O)NCc3ccc(F)cc3F)[C@@H](C)c3ccccc32)cnn1C. The number of carbonyl (C=O) groups excluding carboxylic acids is 1. The van der Waals surface area contributed by atoms with Crippen molar-refractivity contribution in [2.45, 2.75) is 32.4 Å². The van der Waals surface area contributed by atoms with Gasteiger partial charge in [0.2, 0.25) is 0 Å². The van der Waals surface area contributed by atoms with Crippen molar-refractivity contribution in [1.29, 1.82) is 0 Å². The highest BCUT2D eigenvalue weighted by molar-refractivity contribution is 5.75. The summed E-state index contributed by atoms with van der Waals surface area (Å²) in [5.41, 5.74) is 4.65. The molecule has 1 aliphatic heterocycles. The highest BCUT2D eigenvalue weighted by Gasteiger charge is 2.35. The van der Waals surface area contributed by atoms with Crippen LogP contribution in [0, 0.1) is 18.6 Å². The number of halogens is 2. The maximum Gasteiger partial charge on any atom is 0.318 e. The van der Waals surface area contributed by atoms with Crippen LogP contribution in [0.1, 0.15) is 46.8 Å². The number of nitrogens with one attached hydrogen (secondary N) is 1. The van der Waals surface area contributed by atoms with E-state index < -0.39 is 11.6 Å². The third-order valence-electron chi connectivity index (χ3n) is 6.02. The predicted octanol–water partition coefficient (Wildman–Crippen LogP) is 4.43. The average molecular weight is 410 g/mol. The predicted molar refractivity (Wildman–Crippen MR) is 110 cm³/mol. The van der Waals surface area contributed by atoms with E-state index in [0.29, 0.717) is 6.54 Å². The highest BCUT2D eigenvalue weighted by atomic mass is 19.1. The van der Waals surface area contributed by atoms with Gasteiger partial charge in [-0.2, -0.15) is 5.10 Å². The Kier molecular flexibility index (Phi) is 5.28. The lowest BCUT2D eigenvalue weighted by atomic mass is 9.82. The van der Waals surface area contributed by atoms with Crippen LogP contribution in [0.4, 0.5) is 13.6 Å². The summed E-state index contributed by atoms with van der Waals surface area (Å²) in [5, 5.41) is 7.16. The number of urea groups is 1. The number of aryl methyl sites for hydroxylation is 1. The summed E-state index contributed by atoms with van der Waals surface area (Å²) in [4.78, 5) is 14.8. The summed E-state index contributed by atoms with van der Waals surface area (Å²) in [6.45, 7) is 4.49. The van der Waals surface area contributed by atoms with E-state index in [4.69, 9.17) is 0 Å². The minimum atomic E-state index is -0.670. The molecule has 0 saturated heterocycles. The summed E-state index contributed by atoms with van der Waals surface area (Å²) >= 11 is 0. The minimum absolute atomic E-state index is 0.000549. The molecule has 2 amide bonds. The maximum atomic E-state index is 13.9. The Morgan fingerprint density at radius 1 is 1.17 bits per heavy atom. The molecule has 2 heterocycles. The molecule has 0 saturated carbocycles. The van der Waals surface area contributed by atoms with Crippen molar-refractivity contribution in [2.24, 2.45) is 7.05 Å². The zero-order valence-corrected chi connectivity index (χ0v) is 17.2. The summed E-state index contributed by atoms with van der Waals surface area (Å²) in [6.07, 6.45) is 1.86. The Morgan fingerprint density at radius 2 is 1.90 bits per heavy atom. The molecule has 0 fully saturated rings. The number of hydrogen-bond acceptors (Lipinski definition) is 2. The lowest BCUT2D eigenvalue weighted by Gasteiger charge is -2.39. The Hall–Kier alpha value is -3.22. The van der Waals surface area contributed by atoms with Crippen molar-refractivity contribution < 1.29 is 13.6 Å². The molecule has 5 nitrogen and oxygen atoms in total. The molecule has 7 heteroatoms. The quantitative estimate of drug-likeness (QED) is 0.695. The first kappa shape index (κ1) is 20.1. The van der Waals surface area contributed by atoms with Crippen LogP contribution < -0.4 is 5.32 Å². The van der Waals surface area contributed by atoms with Crippen molar-refractivity contribution in [1.82, 2.24) is 20.0 Å². The Labute approximate surface area is 174 Å². The topological polar surface area (TPSA) is 50.2 Å². The van der Waals surface area contributed by atoms with Crippen LogP contribution in [0.5, 0.6) is 0 Å². The lowest BCUT2D eigenvalue weighted by molar-refractivity contribution is 0.170. The number of benzene rings is 2. The molecular formula is C23H24F2N4O. The molecule has 0 aliphatic carbocycles. The molecule has 0 bridgehead atoms. The normalized spacial score (nSPS) is 18.2. The van der Waals surface area contributed by atoms with Crippen molar-refractivity contribution in [3.05, 3.63) is 88.2 Å². The minimum Gasteiger partial charge on any atom is -0.334 e. The lowest BCUT2D eigenvalue weighted by Crippen LogP contribution is -2.46. The van der Waals surface area contributed by atoms with Gasteiger partial charge in [0.05, 0.1) is 12.2 Å². The van der Waals surface area contributed by atoms with Gasteiger partial charge in [-0.1, -0.05) is 30.3 Å². The van der Waals surface area contributed by atoms with Crippen LogP contribution >= 0.6 is 0 Å². The number of aromatic nitrogens is 2. The van der Waals surface area contributed by atoms with Gasteiger partial charge in [-0.3, -0.25) is 4.68 Å². The van der Waals surface area contributed by atoms with Crippen molar-refractivity contribution in [2.75, 3.05) is 6.54 Å². The van der Waals surface area contributed by atoms with E-state index >= 15 is 0 Å². The first-order chi connectivity index (χ1) is 14.4. The molecular weight excluding hydrogens is 386 g/mol. The molecule has 1 aliphatic rings. The second-order valence-electron chi connectivity index (χ2n) is 7.71. The van der Waals surface area contributed by atoms with Crippen LogP contribution in [0.25, 0.3) is 0 Å². The van der Waals surface area contributed by atoms with Gasteiger partial charge < -0.3 is 10.2 Å². The number of fused-ring (bicyclic) bond motifs is 1. The molecule has 3 aromatic rings. The Balaban J connectivity index is 1.60. The van der Waals surface area contributed by atoms with Gasteiger partial charge in [-0.15, -0.1) is 0 Å². The zero-order chi connectivity index (χ0) is 21.4. The number of rotatable bonds is 3. The monoisotopic (exact) mass is 410 g/mol.